The summed E-state index contributed by atoms with van der Waals surface area (Å²) in [6.07, 6.45) is 15.0. The molecule has 2 atom stereocenters. The zero-order valence-electron chi connectivity index (χ0n) is 13.9. The van der Waals surface area contributed by atoms with Crippen LogP contribution < -0.4 is 5.32 Å². The molecule has 1 fully saturated rings. The van der Waals surface area contributed by atoms with Crippen molar-refractivity contribution in [3.63, 3.8) is 0 Å². The highest BCUT2D eigenvalue weighted by Crippen LogP contribution is 2.24. The van der Waals surface area contributed by atoms with Gasteiger partial charge in [0.15, 0.2) is 0 Å². The van der Waals surface area contributed by atoms with Gasteiger partial charge in [-0.05, 0) is 31.6 Å². The van der Waals surface area contributed by atoms with Gasteiger partial charge in [0.2, 0.25) is 5.91 Å². The zero-order chi connectivity index (χ0) is 15.3. The van der Waals surface area contributed by atoms with Crippen LogP contribution in [0.5, 0.6) is 0 Å². The average Bonchev–Trinajstić information content (AvgIpc) is 2.89. The predicted molar refractivity (Wildman–Crippen MR) is 88.2 cm³/mol. The van der Waals surface area contributed by atoms with Crippen molar-refractivity contribution >= 4 is 5.91 Å². The summed E-state index contributed by atoms with van der Waals surface area (Å²) in [5.74, 6) is 0.686. The van der Waals surface area contributed by atoms with Crippen molar-refractivity contribution in [3.8, 4) is 0 Å². The quantitative estimate of drug-likeness (QED) is 0.531. The third kappa shape index (κ3) is 9.89. The number of aliphatic hydroxyl groups excluding tert-OH is 1. The number of rotatable bonds is 12. The summed E-state index contributed by atoms with van der Waals surface area (Å²) < 4.78 is 0. The number of amides is 1. The number of carbonyl (C=O) groups excluding carboxylic acids is 1. The van der Waals surface area contributed by atoms with Crippen LogP contribution in [0.4, 0.5) is 0 Å². The van der Waals surface area contributed by atoms with Gasteiger partial charge in [0.25, 0.3) is 0 Å². The van der Waals surface area contributed by atoms with E-state index in [2.05, 4.69) is 12.2 Å². The first-order valence-electron chi connectivity index (χ1n) is 9.17. The molecule has 2 N–H and O–H groups in total. The molecule has 1 amide bonds. The number of unbranched alkanes of at least 4 members (excludes halogenated alkanes) is 8. The lowest BCUT2D eigenvalue weighted by Crippen LogP contribution is -2.28. The van der Waals surface area contributed by atoms with Crippen molar-refractivity contribution in [1.29, 1.82) is 0 Å². The fourth-order valence-corrected chi connectivity index (χ4v) is 3.18. The molecule has 0 aromatic carbocycles. The molecule has 0 radical (unpaired) electrons. The van der Waals surface area contributed by atoms with Crippen molar-refractivity contribution < 1.29 is 9.90 Å². The van der Waals surface area contributed by atoms with Crippen LogP contribution >= 0.6 is 0 Å². The van der Waals surface area contributed by atoms with Crippen LogP contribution in [-0.4, -0.2) is 23.7 Å². The largest absolute Gasteiger partial charge is 0.393 e. The summed E-state index contributed by atoms with van der Waals surface area (Å²) in [6.45, 7) is 3.01. The first-order chi connectivity index (χ1) is 10.2. The molecule has 3 nitrogen and oxygen atoms in total. The van der Waals surface area contributed by atoms with Gasteiger partial charge in [0, 0.05) is 13.0 Å². The van der Waals surface area contributed by atoms with Crippen molar-refractivity contribution in [1.82, 2.24) is 5.32 Å². The smallest absolute Gasteiger partial charge is 0.220 e. The Kier molecular flexibility index (Phi) is 10.6. The predicted octanol–water partition coefficient (Wildman–Crippen LogP) is 4.18. The van der Waals surface area contributed by atoms with Crippen molar-refractivity contribution in [3.05, 3.63) is 0 Å². The summed E-state index contributed by atoms with van der Waals surface area (Å²) in [5, 5.41) is 12.5. The van der Waals surface area contributed by atoms with Gasteiger partial charge in [-0.25, -0.2) is 0 Å². The zero-order valence-corrected chi connectivity index (χ0v) is 13.9. The Morgan fingerprint density at radius 1 is 1.00 bits per heavy atom. The molecule has 1 rings (SSSR count). The van der Waals surface area contributed by atoms with Gasteiger partial charge in [0.1, 0.15) is 0 Å². The topological polar surface area (TPSA) is 49.3 Å². The van der Waals surface area contributed by atoms with Crippen LogP contribution in [0, 0.1) is 5.92 Å². The lowest BCUT2D eigenvalue weighted by molar-refractivity contribution is -0.121. The summed E-state index contributed by atoms with van der Waals surface area (Å²) in [7, 11) is 0. The Morgan fingerprint density at radius 2 is 1.62 bits per heavy atom. The van der Waals surface area contributed by atoms with E-state index in [1.807, 2.05) is 0 Å². The van der Waals surface area contributed by atoms with Crippen LogP contribution in [0.1, 0.15) is 90.4 Å². The molecule has 21 heavy (non-hydrogen) atoms. The molecule has 0 aliphatic heterocycles. The number of carbonyl (C=O) groups is 1. The molecule has 0 aromatic heterocycles. The standard InChI is InChI=1S/C18H35NO2/c1-2-3-4-5-6-7-8-9-10-11-18(21)19-15-16-12-13-17(20)14-16/h16-17,20H,2-15H2,1H3,(H,19,21). The number of hydrogen-bond acceptors (Lipinski definition) is 2. The molecule has 0 aromatic rings. The van der Waals surface area contributed by atoms with Gasteiger partial charge < -0.3 is 10.4 Å². The highest BCUT2D eigenvalue weighted by Gasteiger charge is 2.22. The Balaban J connectivity index is 1.83. The van der Waals surface area contributed by atoms with E-state index < -0.39 is 0 Å². The van der Waals surface area contributed by atoms with Gasteiger partial charge in [-0.1, -0.05) is 58.3 Å². The van der Waals surface area contributed by atoms with Gasteiger partial charge >= 0.3 is 0 Å². The van der Waals surface area contributed by atoms with E-state index in [1.54, 1.807) is 0 Å². The first kappa shape index (κ1) is 18.5. The number of aliphatic hydroxyl groups is 1. The molecule has 0 spiro atoms. The van der Waals surface area contributed by atoms with E-state index in [9.17, 15) is 9.90 Å². The third-order valence-electron chi connectivity index (χ3n) is 4.61. The van der Waals surface area contributed by atoms with E-state index >= 15 is 0 Å². The Bertz CT molecular complexity index is 268. The molecule has 1 aliphatic carbocycles. The molecule has 124 valence electrons. The molecule has 0 heterocycles. The number of nitrogens with one attached hydrogen (secondary N) is 1. The normalized spacial score (nSPS) is 21.6. The first-order valence-corrected chi connectivity index (χ1v) is 9.17. The van der Waals surface area contributed by atoms with Crippen LogP contribution in [0.25, 0.3) is 0 Å². The molecular formula is C18H35NO2. The van der Waals surface area contributed by atoms with Crippen LogP contribution in [-0.2, 0) is 4.79 Å². The van der Waals surface area contributed by atoms with Crippen molar-refractivity contribution in [2.24, 2.45) is 5.92 Å². The molecule has 0 saturated heterocycles. The van der Waals surface area contributed by atoms with Gasteiger partial charge in [-0.2, -0.15) is 0 Å². The second kappa shape index (κ2) is 12.0. The minimum Gasteiger partial charge on any atom is -0.393 e. The summed E-state index contributed by atoms with van der Waals surface area (Å²) in [4.78, 5) is 11.7. The number of hydrogen-bond donors (Lipinski definition) is 2. The SMILES string of the molecule is CCCCCCCCCCCC(=O)NCC1CCC(O)C1. The van der Waals surface area contributed by atoms with E-state index in [-0.39, 0.29) is 12.0 Å². The summed E-state index contributed by atoms with van der Waals surface area (Å²) in [5.41, 5.74) is 0. The lowest BCUT2D eigenvalue weighted by atomic mass is 10.1. The van der Waals surface area contributed by atoms with Crippen molar-refractivity contribution in [2.75, 3.05) is 6.54 Å². The average molecular weight is 297 g/mol. The second-order valence-electron chi connectivity index (χ2n) is 6.72. The summed E-state index contributed by atoms with van der Waals surface area (Å²) >= 11 is 0. The maximum Gasteiger partial charge on any atom is 0.220 e. The van der Waals surface area contributed by atoms with Gasteiger partial charge in [-0.15, -0.1) is 0 Å². The second-order valence-corrected chi connectivity index (χ2v) is 6.72. The van der Waals surface area contributed by atoms with Crippen LogP contribution in [0.15, 0.2) is 0 Å². The lowest BCUT2D eigenvalue weighted by Gasteiger charge is -2.10. The highest BCUT2D eigenvalue weighted by atomic mass is 16.3. The highest BCUT2D eigenvalue weighted by molar-refractivity contribution is 5.75. The Hall–Kier alpha value is -0.570. The molecule has 2 unspecified atom stereocenters. The summed E-state index contributed by atoms with van der Waals surface area (Å²) in [6, 6.07) is 0. The molecule has 0 bridgehead atoms. The minimum atomic E-state index is -0.135. The third-order valence-corrected chi connectivity index (χ3v) is 4.61. The van der Waals surface area contributed by atoms with E-state index in [1.165, 1.54) is 51.4 Å². The maximum atomic E-state index is 11.7. The van der Waals surface area contributed by atoms with E-state index in [0.29, 0.717) is 12.3 Å². The van der Waals surface area contributed by atoms with Crippen LogP contribution in [0.3, 0.4) is 0 Å². The van der Waals surface area contributed by atoms with E-state index in [4.69, 9.17) is 0 Å². The Morgan fingerprint density at radius 3 is 2.19 bits per heavy atom. The fourth-order valence-electron chi connectivity index (χ4n) is 3.18. The molecule has 1 aliphatic rings. The molecule has 3 heteroatoms. The maximum absolute atomic E-state index is 11.7. The van der Waals surface area contributed by atoms with Gasteiger partial charge in [-0.3, -0.25) is 4.79 Å². The van der Waals surface area contributed by atoms with Gasteiger partial charge in [0.05, 0.1) is 6.10 Å². The fraction of sp³-hybridized carbons (Fsp3) is 0.944. The Labute approximate surface area is 130 Å². The monoisotopic (exact) mass is 297 g/mol. The minimum absolute atomic E-state index is 0.135. The van der Waals surface area contributed by atoms with E-state index in [0.717, 1.165) is 32.2 Å². The van der Waals surface area contributed by atoms with Crippen LogP contribution in [0.2, 0.25) is 0 Å². The van der Waals surface area contributed by atoms with Crippen molar-refractivity contribution in [2.45, 2.75) is 96.5 Å². The molecule has 1 saturated carbocycles. The molecular weight excluding hydrogens is 262 g/mol.